The lowest BCUT2D eigenvalue weighted by atomic mass is 9.98. The minimum atomic E-state index is 0.0607. The van der Waals surface area contributed by atoms with Crippen molar-refractivity contribution in [2.75, 3.05) is 20.8 Å². The van der Waals surface area contributed by atoms with Gasteiger partial charge in [0.15, 0.2) is 11.5 Å². The van der Waals surface area contributed by atoms with Crippen molar-refractivity contribution in [1.29, 1.82) is 0 Å². The number of rotatable bonds is 6. The molecule has 3 aromatic rings. The van der Waals surface area contributed by atoms with Crippen LogP contribution < -0.4 is 9.47 Å². The number of ether oxygens (including phenoxy) is 2. The van der Waals surface area contributed by atoms with E-state index in [2.05, 4.69) is 10.2 Å². The average molecular weight is 411 g/mol. The van der Waals surface area contributed by atoms with Crippen LogP contribution in [0.5, 0.6) is 11.5 Å². The Kier molecular flexibility index (Phi) is 5.48. The number of nitrogens with zero attached hydrogens (tertiary/aromatic N) is 3. The van der Waals surface area contributed by atoms with Gasteiger partial charge in [0.1, 0.15) is 11.5 Å². The Morgan fingerprint density at radius 2 is 1.80 bits per heavy atom. The van der Waals surface area contributed by atoms with Crippen LogP contribution in [-0.4, -0.2) is 41.8 Å². The normalized spacial score (nSPS) is 13.3. The zero-order chi connectivity index (χ0) is 21.3. The van der Waals surface area contributed by atoms with E-state index >= 15 is 0 Å². The first-order valence-corrected chi connectivity index (χ1v) is 9.89. The molecule has 0 spiro atoms. The summed E-state index contributed by atoms with van der Waals surface area (Å²) in [6.07, 6.45) is 1.50. The van der Waals surface area contributed by atoms with Crippen molar-refractivity contribution in [3.05, 3.63) is 46.7 Å². The van der Waals surface area contributed by atoms with Gasteiger partial charge in [-0.3, -0.25) is 4.79 Å². The van der Waals surface area contributed by atoms with E-state index in [0.717, 1.165) is 29.1 Å². The van der Waals surface area contributed by atoms with Crippen molar-refractivity contribution in [2.45, 2.75) is 39.7 Å². The molecule has 1 aromatic carbocycles. The van der Waals surface area contributed by atoms with E-state index in [1.807, 2.05) is 36.9 Å². The Bertz CT molecular complexity index is 1070. The molecule has 1 amide bonds. The van der Waals surface area contributed by atoms with Crippen LogP contribution in [0.1, 0.15) is 35.0 Å². The summed E-state index contributed by atoms with van der Waals surface area (Å²) in [5, 5.41) is 8.17. The molecule has 0 saturated heterocycles. The van der Waals surface area contributed by atoms with E-state index < -0.39 is 0 Å². The van der Waals surface area contributed by atoms with Gasteiger partial charge in [-0.25, -0.2) is 0 Å². The molecule has 158 valence electrons. The fourth-order valence-electron chi connectivity index (χ4n) is 3.77. The first-order chi connectivity index (χ1) is 14.5. The standard InChI is InChI=1S/C22H25N3O5/c1-13-9-17(14(2)29-13)22-24-23-20(30-22)5-6-21(26)25-8-7-15-10-18(27-3)19(28-4)11-16(15)12-25/h9-11H,5-8,12H2,1-4H3. The summed E-state index contributed by atoms with van der Waals surface area (Å²) in [4.78, 5) is 14.6. The maximum Gasteiger partial charge on any atom is 0.251 e. The number of hydrogen-bond acceptors (Lipinski definition) is 7. The Labute approximate surface area is 174 Å². The Balaban J connectivity index is 1.39. The maximum absolute atomic E-state index is 12.8. The number of aryl methyl sites for hydroxylation is 3. The highest BCUT2D eigenvalue weighted by Crippen LogP contribution is 2.33. The number of hydrogen-bond donors (Lipinski definition) is 0. The quantitative estimate of drug-likeness (QED) is 0.613. The van der Waals surface area contributed by atoms with Crippen LogP contribution in [-0.2, 0) is 24.2 Å². The Morgan fingerprint density at radius 3 is 2.47 bits per heavy atom. The molecule has 0 bridgehead atoms. The second-order valence-corrected chi connectivity index (χ2v) is 7.37. The maximum atomic E-state index is 12.8. The van der Waals surface area contributed by atoms with Crippen LogP contribution in [0.4, 0.5) is 0 Å². The molecule has 0 atom stereocenters. The van der Waals surface area contributed by atoms with E-state index in [1.165, 1.54) is 5.56 Å². The predicted octanol–water partition coefficient (Wildman–Crippen LogP) is 3.48. The van der Waals surface area contributed by atoms with E-state index in [1.54, 1.807) is 14.2 Å². The summed E-state index contributed by atoms with van der Waals surface area (Å²) < 4.78 is 22.0. The van der Waals surface area contributed by atoms with Gasteiger partial charge in [-0.1, -0.05) is 0 Å². The van der Waals surface area contributed by atoms with Gasteiger partial charge in [0.05, 0.1) is 19.8 Å². The van der Waals surface area contributed by atoms with Crippen molar-refractivity contribution >= 4 is 5.91 Å². The third-order valence-corrected chi connectivity index (χ3v) is 5.36. The molecule has 0 unspecified atom stereocenters. The number of fused-ring (bicyclic) bond motifs is 1. The van der Waals surface area contributed by atoms with Crippen LogP contribution in [0.25, 0.3) is 11.5 Å². The number of benzene rings is 1. The zero-order valence-electron chi connectivity index (χ0n) is 17.7. The summed E-state index contributed by atoms with van der Waals surface area (Å²) in [6, 6.07) is 5.81. The van der Waals surface area contributed by atoms with Crippen molar-refractivity contribution in [1.82, 2.24) is 15.1 Å². The van der Waals surface area contributed by atoms with E-state index in [4.69, 9.17) is 18.3 Å². The second-order valence-electron chi connectivity index (χ2n) is 7.37. The molecule has 3 heterocycles. The molecule has 0 fully saturated rings. The molecule has 2 aromatic heterocycles. The van der Waals surface area contributed by atoms with Crippen LogP contribution in [0, 0.1) is 13.8 Å². The minimum absolute atomic E-state index is 0.0607. The highest BCUT2D eigenvalue weighted by atomic mass is 16.5. The summed E-state index contributed by atoms with van der Waals surface area (Å²) >= 11 is 0. The molecule has 1 aliphatic rings. The molecular formula is C22H25N3O5. The average Bonchev–Trinajstić information content (AvgIpc) is 3.35. The smallest absolute Gasteiger partial charge is 0.251 e. The van der Waals surface area contributed by atoms with Crippen LogP contribution in [0.3, 0.4) is 0 Å². The van der Waals surface area contributed by atoms with Gasteiger partial charge in [0.25, 0.3) is 5.89 Å². The monoisotopic (exact) mass is 411 g/mol. The number of amides is 1. The second kappa shape index (κ2) is 8.22. The number of aromatic nitrogens is 2. The summed E-state index contributed by atoms with van der Waals surface area (Å²) in [5.74, 6) is 3.83. The number of carbonyl (C=O) groups excluding carboxylic acids is 1. The highest BCUT2D eigenvalue weighted by molar-refractivity contribution is 5.76. The van der Waals surface area contributed by atoms with Crippen LogP contribution in [0.2, 0.25) is 0 Å². The summed E-state index contributed by atoms with van der Waals surface area (Å²) in [6.45, 7) is 4.95. The van der Waals surface area contributed by atoms with Gasteiger partial charge in [0, 0.05) is 25.9 Å². The zero-order valence-corrected chi connectivity index (χ0v) is 17.7. The van der Waals surface area contributed by atoms with E-state index in [0.29, 0.717) is 49.2 Å². The van der Waals surface area contributed by atoms with Crippen molar-refractivity contribution < 1.29 is 23.1 Å². The number of furan rings is 1. The molecule has 4 rings (SSSR count). The molecule has 0 aliphatic carbocycles. The van der Waals surface area contributed by atoms with Crippen molar-refractivity contribution in [3.8, 4) is 23.0 Å². The van der Waals surface area contributed by atoms with Crippen molar-refractivity contribution in [2.24, 2.45) is 0 Å². The van der Waals surface area contributed by atoms with Gasteiger partial charge in [-0.2, -0.15) is 0 Å². The first kappa shape index (κ1) is 20.0. The lowest BCUT2D eigenvalue weighted by Gasteiger charge is -2.29. The molecule has 0 saturated carbocycles. The number of methoxy groups -OCH3 is 2. The molecule has 8 heteroatoms. The lowest BCUT2D eigenvalue weighted by Crippen LogP contribution is -2.36. The number of carbonyl (C=O) groups is 1. The van der Waals surface area contributed by atoms with Gasteiger partial charge < -0.3 is 23.2 Å². The van der Waals surface area contributed by atoms with Crippen LogP contribution >= 0.6 is 0 Å². The molecular weight excluding hydrogens is 386 g/mol. The molecule has 30 heavy (non-hydrogen) atoms. The van der Waals surface area contributed by atoms with Gasteiger partial charge >= 0.3 is 0 Å². The largest absolute Gasteiger partial charge is 0.493 e. The SMILES string of the molecule is COc1cc2c(cc1OC)CN(C(=O)CCc1nnc(-c3cc(C)oc3C)o1)CC2. The third kappa shape index (κ3) is 3.90. The third-order valence-electron chi connectivity index (χ3n) is 5.36. The Morgan fingerprint density at radius 1 is 1.07 bits per heavy atom. The highest BCUT2D eigenvalue weighted by Gasteiger charge is 2.23. The predicted molar refractivity (Wildman–Crippen MR) is 108 cm³/mol. The van der Waals surface area contributed by atoms with Gasteiger partial charge in [0.2, 0.25) is 11.8 Å². The van der Waals surface area contributed by atoms with Crippen molar-refractivity contribution in [3.63, 3.8) is 0 Å². The molecule has 0 radical (unpaired) electrons. The van der Waals surface area contributed by atoms with Gasteiger partial charge in [-0.05, 0) is 49.6 Å². The summed E-state index contributed by atoms with van der Waals surface area (Å²) in [5.41, 5.74) is 3.05. The molecule has 8 nitrogen and oxygen atoms in total. The minimum Gasteiger partial charge on any atom is -0.493 e. The van der Waals surface area contributed by atoms with Gasteiger partial charge in [-0.15, -0.1) is 10.2 Å². The molecule has 0 N–H and O–H groups in total. The lowest BCUT2D eigenvalue weighted by molar-refractivity contribution is -0.132. The fourth-order valence-corrected chi connectivity index (χ4v) is 3.77. The summed E-state index contributed by atoms with van der Waals surface area (Å²) in [7, 11) is 3.24. The first-order valence-electron chi connectivity index (χ1n) is 9.89. The fraction of sp³-hybridized carbons (Fsp3) is 0.409. The van der Waals surface area contributed by atoms with Crippen LogP contribution in [0.15, 0.2) is 27.0 Å². The van der Waals surface area contributed by atoms with E-state index in [-0.39, 0.29) is 5.91 Å². The molecule has 1 aliphatic heterocycles. The Hall–Kier alpha value is -3.29. The van der Waals surface area contributed by atoms with E-state index in [9.17, 15) is 4.79 Å². The topological polar surface area (TPSA) is 90.8 Å².